The fourth-order valence-corrected chi connectivity index (χ4v) is 1.66. The zero-order valence-electron chi connectivity index (χ0n) is 11.8. The van der Waals surface area contributed by atoms with E-state index in [9.17, 15) is 14.3 Å². The maximum atomic E-state index is 12.8. The third kappa shape index (κ3) is 5.40. The molecule has 2 amide bonds. The van der Waals surface area contributed by atoms with Gasteiger partial charge in [-0.1, -0.05) is 24.3 Å². The van der Waals surface area contributed by atoms with Gasteiger partial charge in [0.05, 0.1) is 6.54 Å². The third-order valence-corrected chi connectivity index (χ3v) is 2.89. The van der Waals surface area contributed by atoms with E-state index in [2.05, 4.69) is 10.6 Å². The average molecular weight is 280 g/mol. The Kier molecular flexibility index (Phi) is 6.18. The highest BCUT2D eigenvalue weighted by Gasteiger charge is 2.23. The molecule has 4 nitrogen and oxygen atoms in total. The van der Waals surface area contributed by atoms with E-state index in [4.69, 9.17) is 0 Å². The van der Waals surface area contributed by atoms with E-state index in [1.807, 2.05) is 19.1 Å². The lowest BCUT2D eigenvalue weighted by atomic mass is 9.96. The number of carbonyl (C=O) groups excluding carboxylic acids is 1. The predicted octanol–water partition coefficient (Wildman–Crippen LogP) is 2.30. The first-order chi connectivity index (χ1) is 9.45. The van der Waals surface area contributed by atoms with Crippen molar-refractivity contribution >= 4 is 6.03 Å². The molecular formula is C15H21FN2O2. The van der Waals surface area contributed by atoms with E-state index in [0.717, 1.165) is 6.42 Å². The van der Waals surface area contributed by atoms with Crippen LogP contribution in [-0.2, 0) is 5.60 Å². The Hall–Kier alpha value is -1.88. The largest absolute Gasteiger partial charge is 0.384 e. The summed E-state index contributed by atoms with van der Waals surface area (Å²) in [6, 6.07) is 5.22. The van der Waals surface area contributed by atoms with Gasteiger partial charge in [-0.05, 0) is 38.0 Å². The van der Waals surface area contributed by atoms with Crippen LogP contribution in [0.4, 0.5) is 9.18 Å². The van der Waals surface area contributed by atoms with Crippen LogP contribution in [0.5, 0.6) is 0 Å². The molecule has 0 aliphatic heterocycles. The number of aliphatic hydroxyl groups is 1. The van der Waals surface area contributed by atoms with E-state index < -0.39 is 5.60 Å². The molecule has 0 saturated carbocycles. The van der Waals surface area contributed by atoms with Crippen LogP contribution in [0.2, 0.25) is 0 Å². The van der Waals surface area contributed by atoms with E-state index in [-0.39, 0.29) is 18.4 Å². The minimum Gasteiger partial charge on any atom is -0.384 e. The molecule has 3 N–H and O–H groups in total. The Labute approximate surface area is 118 Å². The van der Waals surface area contributed by atoms with Gasteiger partial charge in [0.15, 0.2) is 0 Å². The highest BCUT2D eigenvalue weighted by atomic mass is 19.1. The number of hydrogen-bond donors (Lipinski definition) is 3. The van der Waals surface area contributed by atoms with Crippen molar-refractivity contribution < 1.29 is 14.3 Å². The maximum absolute atomic E-state index is 12.8. The lowest BCUT2D eigenvalue weighted by molar-refractivity contribution is 0.0593. The zero-order chi connectivity index (χ0) is 15.0. The van der Waals surface area contributed by atoms with E-state index in [1.165, 1.54) is 24.3 Å². The predicted molar refractivity (Wildman–Crippen MR) is 76.8 cm³/mol. The van der Waals surface area contributed by atoms with E-state index in [0.29, 0.717) is 12.1 Å². The molecule has 0 aliphatic carbocycles. The van der Waals surface area contributed by atoms with Crippen molar-refractivity contribution in [3.05, 3.63) is 47.8 Å². The van der Waals surface area contributed by atoms with Crippen molar-refractivity contribution in [2.75, 3.05) is 13.1 Å². The van der Waals surface area contributed by atoms with Gasteiger partial charge >= 0.3 is 6.03 Å². The van der Waals surface area contributed by atoms with Crippen molar-refractivity contribution in [3.63, 3.8) is 0 Å². The van der Waals surface area contributed by atoms with Crippen LogP contribution >= 0.6 is 0 Å². The molecule has 1 unspecified atom stereocenters. The Morgan fingerprint density at radius 3 is 2.60 bits per heavy atom. The SMILES string of the molecule is C/C=C/CCNC(=O)NCC(C)(O)c1ccc(F)cc1. The van der Waals surface area contributed by atoms with Gasteiger partial charge in [-0.25, -0.2) is 9.18 Å². The number of urea groups is 1. The van der Waals surface area contributed by atoms with Crippen LogP contribution in [0.1, 0.15) is 25.8 Å². The first-order valence-electron chi connectivity index (χ1n) is 6.57. The maximum Gasteiger partial charge on any atom is 0.314 e. The summed E-state index contributed by atoms with van der Waals surface area (Å²) < 4.78 is 12.8. The topological polar surface area (TPSA) is 61.4 Å². The third-order valence-electron chi connectivity index (χ3n) is 2.89. The van der Waals surface area contributed by atoms with Gasteiger partial charge < -0.3 is 15.7 Å². The number of hydrogen-bond acceptors (Lipinski definition) is 2. The summed E-state index contributed by atoms with van der Waals surface area (Å²) in [5.74, 6) is -0.362. The van der Waals surface area contributed by atoms with Crippen molar-refractivity contribution in [1.82, 2.24) is 10.6 Å². The van der Waals surface area contributed by atoms with Gasteiger partial charge in [0.25, 0.3) is 0 Å². The molecule has 110 valence electrons. The molecule has 0 saturated heterocycles. The second-order valence-corrected chi connectivity index (χ2v) is 4.75. The molecule has 0 aromatic heterocycles. The first kappa shape index (κ1) is 16.2. The van der Waals surface area contributed by atoms with Crippen LogP contribution in [0.25, 0.3) is 0 Å². The van der Waals surface area contributed by atoms with Crippen LogP contribution < -0.4 is 10.6 Å². The lowest BCUT2D eigenvalue weighted by Gasteiger charge is -2.24. The van der Waals surface area contributed by atoms with Gasteiger partial charge in [0, 0.05) is 6.54 Å². The van der Waals surface area contributed by atoms with Crippen LogP contribution in [0.3, 0.4) is 0 Å². The van der Waals surface area contributed by atoms with Crippen molar-refractivity contribution in [2.24, 2.45) is 0 Å². The number of amides is 2. The molecule has 0 bridgehead atoms. The minimum absolute atomic E-state index is 0.0497. The summed E-state index contributed by atoms with van der Waals surface area (Å²) in [5.41, 5.74) is -0.693. The molecule has 1 aromatic carbocycles. The molecule has 1 rings (SSSR count). The highest BCUT2D eigenvalue weighted by Crippen LogP contribution is 2.19. The summed E-state index contributed by atoms with van der Waals surface area (Å²) >= 11 is 0. The smallest absolute Gasteiger partial charge is 0.314 e. The highest BCUT2D eigenvalue weighted by molar-refractivity contribution is 5.73. The van der Waals surface area contributed by atoms with E-state index >= 15 is 0 Å². The summed E-state index contributed by atoms with van der Waals surface area (Å²) in [7, 11) is 0. The summed E-state index contributed by atoms with van der Waals surface area (Å²) in [6.07, 6.45) is 4.63. The van der Waals surface area contributed by atoms with Crippen LogP contribution in [-0.4, -0.2) is 24.2 Å². The molecular weight excluding hydrogens is 259 g/mol. The molecule has 0 heterocycles. The van der Waals surface area contributed by atoms with Crippen LogP contribution in [0, 0.1) is 5.82 Å². The van der Waals surface area contributed by atoms with Crippen molar-refractivity contribution in [3.8, 4) is 0 Å². The fourth-order valence-electron chi connectivity index (χ4n) is 1.66. The van der Waals surface area contributed by atoms with Crippen molar-refractivity contribution in [2.45, 2.75) is 25.9 Å². The second-order valence-electron chi connectivity index (χ2n) is 4.75. The quantitative estimate of drug-likeness (QED) is 0.553. The minimum atomic E-state index is -1.24. The fraction of sp³-hybridized carbons (Fsp3) is 0.400. The summed E-state index contributed by atoms with van der Waals surface area (Å²) in [5, 5.41) is 15.5. The number of rotatable bonds is 6. The zero-order valence-corrected chi connectivity index (χ0v) is 11.8. The normalized spacial score (nSPS) is 14.0. The number of carbonyl (C=O) groups is 1. The van der Waals surface area contributed by atoms with Crippen molar-refractivity contribution in [1.29, 1.82) is 0 Å². The van der Waals surface area contributed by atoms with Gasteiger partial charge in [0.2, 0.25) is 0 Å². The Morgan fingerprint density at radius 2 is 2.00 bits per heavy atom. The second kappa shape index (κ2) is 7.65. The standard InChI is InChI=1S/C15H21FN2O2/c1-3-4-5-10-17-14(19)18-11-15(2,20)12-6-8-13(16)9-7-12/h3-4,6-9,20H,5,10-11H2,1-2H3,(H2,17,18,19)/b4-3+. The molecule has 0 radical (unpaired) electrons. The molecule has 20 heavy (non-hydrogen) atoms. The Morgan fingerprint density at radius 1 is 1.35 bits per heavy atom. The molecule has 0 aliphatic rings. The number of benzene rings is 1. The van der Waals surface area contributed by atoms with Gasteiger partial charge in [-0.2, -0.15) is 0 Å². The summed E-state index contributed by atoms with van der Waals surface area (Å²) in [6.45, 7) is 4.07. The molecule has 0 spiro atoms. The van der Waals surface area contributed by atoms with Gasteiger partial charge in [-0.15, -0.1) is 0 Å². The van der Waals surface area contributed by atoms with Crippen LogP contribution in [0.15, 0.2) is 36.4 Å². The molecule has 1 aromatic rings. The monoisotopic (exact) mass is 280 g/mol. The van der Waals surface area contributed by atoms with Gasteiger partial charge in [-0.3, -0.25) is 0 Å². The lowest BCUT2D eigenvalue weighted by Crippen LogP contribution is -2.43. The Bertz CT molecular complexity index is 455. The molecule has 0 fully saturated rings. The summed E-state index contributed by atoms with van der Waals surface area (Å²) in [4.78, 5) is 11.5. The number of allylic oxidation sites excluding steroid dienone is 1. The average Bonchev–Trinajstić information content (AvgIpc) is 2.42. The number of halogens is 1. The number of nitrogens with one attached hydrogen (secondary N) is 2. The first-order valence-corrected chi connectivity index (χ1v) is 6.57. The molecule has 5 heteroatoms. The molecule has 1 atom stereocenters. The van der Waals surface area contributed by atoms with E-state index in [1.54, 1.807) is 6.92 Å². The Balaban J connectivity index is 2.42. The van der Waals surface area contributed by atoms with Gasteiger partial charge in [0.1, 0.15) is 11.4 Å².